The number of aryl methyl sites for hydroxylation is 2. The molecule has 0 aliphatic carbocycles. The van der Waals surface area contributed by atoms with Gasteiger partial charge in [-0.3, -0.25) is 0 Å². The second-order valence-electron chi connectivity index (χ2n) is 6.71. The van der Waals surface area contributed by atoms with Gasteiger partial charge in [-0.15, -0.1) is 0 Å². The van der Waals surface area contributed by atoms with Crippen molar-refractivity contribution in [3.63, 3.8) is 0 Å². The fourth-order valence-electron chi connectivity index (χ4n) is 3.07. The Balaban J connectivity index is 2.10. The van der Waals surface area contributed by atoms with E-state index < -0.39 is 24.0 Å². The highest BCUT2D eigenvalue weighted by Gasteiger charge is 2.57. The van der Waals surface area contributed by atoms with Gasteiger partial charge < -0.3 is 20.3 Å². The third-order valence-corrected chi connectivity index (χ3v) is 4.69. The number of aliphatic hydroxyl groups is 1. The first-order chi connectivity index (χ1) is 13.7. The van der Waals surface area contributed by atoms with E-state index in [2.05, 4.69) is 27.5 Å². The largest absolute Gasteiger partial charge is 0.424 e. The Morgan fingerprint density at radius 3 is 2.41 bits per heavy atom. The monoisotopic (exact) mass is 411 g/mol. The molecule has 0 amide bonds. The number of aromatic nitrogens is 2. The molecule has 2 rings (SSSR count). The number of imidazole rings is 1. The third kappa shape index (κ3) is 5.50. The fraction of sp³-hybridized carbons (Fsp3) is 0.500. The lowest BCUT2D eigenvalue weighted by Crippen LogP contribution is -2.47. The first-order valence-electron chi connectivity index (χ1n) is 9.58. The van der Waals surface area contributed by atoms with Gasteiger partial charge in [-0.25, -0.2) is 9.98 Å². The topological polar surface area (TPSA) is 74.5 Å². The molecule has 0 aliphatic rings. The van der Waals surface area contributed by atoms with Crippen molar-refractivity contribution in [2.45, 2.75) is 45.0 Å². The molecule has 0 bridgehead atoms. The minimum absolute atomic E-state index is 0.135. The summed E-state index contributed by atoms with van der Waals surface area (Å²) >= 11 is 0. The van der Waals surface area contributed by atoms with E-state index in [1.54, 1.807) is 0 Å². The van der Waals surface area contributed by atoms with Crippen LogP contribution < -0.4 is 10.6 Å². The zero-order valence-electron chi connectivity index (χ0n) is 16.9. The normalized spacial score (nSPS) is 14.5. The SMILES string of the molecule is CCNC(=NCc1ccccc1CC)NCCC(O)(c1nccn1C)C(F)(F)F. The molecule has 0 fully saturated rings. The van der Waals surface area contributed by atoms with Crippen LogP contribution in [0.3, 0.4) is 0 Å². The van der Waals surface area contributed by atoms with Gasteiger partial charge in [0.2, 0.25) is 5.60 Å². The molecule has 9 heteroatoms. The van der Waals surface area contributed by atoms with Crippen molar-refractivity contribution in [2.24, 2.45) is 12.0 Å². The summed E-state index contributed by atoms with van der Waals surface area (Å²) in [6.45, 7) is 4.76. The van der Waals surface area contributed by atoms with Crippen LogP contribution in [0.25, 0.3) is 0 Å². The molecule has 160 valence electrons. The number of benzene rings is 1. The number of halogens is 3. The minimum Gasteiger partial charge on any atom is -0.374 e. The second kappa shape index (κ2) is 9.78. The summed E-state index contributed by atoms with van der Waals surface area (Å²) in [5.74, 6) is -0.0478. The molecule has 0 saturated heterocycles. The molecule has 29 heavy (non-hydrogen) atoms. The van der Waals surface area contributed by atoms with E-state index in [1.807, 2.05) is 31.2 Å². The van der Waals surface area contributed by atoms with Gasteiger partial charge in [0.05, 0.1) is 6.54 Å². The number of hydrogen-bond acceptors (Lipinski definition) is 3. The lowest BCUT2D eigenvalue weighted by Gasteiger charge is -2.30. The summed E-state index contributed by atoms with van der Waals surface area (Å²) < 4.78 is 42.0. The van der Waals surface area contributed by atoms with Gasteiger partial charge >= 0.3 is 6.18 Å². The molecule has 1 heterocycles. The molecular formula is C20H28F3N5O. The van der Waals surface area contributed by atoms with Crippen LogP contribution in [0.5, 0.6) is 0 Å². The number of alkyl halides is 3. The van der Waals surface area contributed by atoms with Gasteiger partial charge in [0.1, 0.15) is 5.82 Å². The number of nitrogens with zero attached hydrogens (tertiary/aromatic N) is 3. The average molecular weight is 411 g/mol. The van der Waals surface area contributed by atoms with Crippen molar-refractivity contribution >= 4 is 5.96 Å². The molecule has 1 atom stereocenters. The van der Waals surface area contributed by atoms with Crippen molar-refractivity contribution in [3.8, 4) is 0 Å². The smallest absolute Gasteiger partial charge is 0.374 e. The quantitative estimate of drug-likeness (QED) is 0.461. The van der Waals surface area contributed by atoms with Crippen LogP contribution in [0.2, 0.25) is 0 Å². The van der Waals surface area contributed by atoms with Crippen LogP contribution in [-0.2, 0) is 25.6 Å². The molecule has 1 unspecified atom stereocenters. The van der Waals surface area contributed by atoms with Crippen LogP contribution in [0.15, 0.2) is 41.7 Å². The lowest BCUT2D eigenvalue weighted by atomic mass is 9.97. The molecule has 0 radical (unpaired) electrons. The average Bonchev–Trinajstić information content (AvgIpc) is 3.11. The standard InChI is InChI=1S/C20H28F3N5O/c1-4-15-8-6-7-9-16(15)14-27-18(24-5-2)26-11-10-19(29,20(21,22)23)17-25-12-13-28(17)3/h6-9,12-13,29H,4-5,10-11,14H2,1-3H3,(H2,24,26,27). The Bertz CT molecular complexity index is 818. The van der Waals surface area contributed by atoms with Crippen LogP contribution in [-0.4, -0.2) is 39.9 Å². The van der Waals surface area contributed by atoms with E-state index in [1.165, 1.54) is 29.6 Å². The lowest BCUT2D eigenvalue weighted by molar-refractivity contribution is -0.272. The number of hydrogen-bond donors (Lipinski definition) is 3. The molecular weight excluding hydrogens is 383 g/mol. The van der Waals surface area contributed by atoms with Gasteiger partial charge in [0, 0.05) is 39.0 Å². The van der Waals surface area contributed by atoms with Crippen molar-refractivity contribution in [2.75, 3.05) is 13.1 Å². The Kier molecular flexibility index (Phi) is 7.66. The van der Waals surface area contributed by atoms with Crippen LogP contribution in [0.1, 0.15) is 37.2 Å². The van der Waals surface area contributed by atoms with Crippen LogP contribution in [0.4, 0.5) is 13.2 Å². The van der Waals surface area contributed by atoms with Crippen molar-refractivity contribution in [1.82, 2.24) is 20.2 Å². The summed E-state index contributed by atoms with van der Waals surface area (Å²) in [5, 5.41) is 16.3. The minimum atomic E-state index is -4.86. The Morgan fingerprint density at radius 2 is 1.86 bits per heavy atom. The molecule has 1 aromatic carbocycles. The zero-order chi connectivity index (χ0) is 21.5. The summed E-state index contributed by atoms with van der Waals surface area (Å²) in [7, 11) is 1.42. The number of guanidine groups is 1. The Morgan fingerprint density at radius 1 is 1.17 bits per heavy atom. The number of rotatable bonds is 8. The van der Waals surface area contributed by atoms with Crippen LogP contribution >= 0.6 is 0 Å². The molecule has 3 N–H and O–H groups in total. The van der Waals surface area contributed by atoms with E-state index in [-0.39, 0.29) is 6.54 Å². The van der Waals surface area contributed by atoms with Gasteiger partial charge in [-0.2, -0.15) is 13.2 Å². The molecule has 0 saturated carbocycles. The molecule has 0 aliphatic heterocycles. The van der Waals surface area contributed by atoms with Crippen molar-refractivity contribution in [3.05, 3.63) is 53.6 Å². The summed E-state index contributed by atoms with van der Waals surface area (Å²) in [5.41, 5.74) is -0.815. The third-order valence-electron chi connectivity index (χ3n) is 4.69. The Labute approximate surface area is 168 Å². The van der Waals surface area contributed by atoms with Crippen molar-refractivity contribution < 1.29 is 18.3 Å². The zero-order valence-corrected chi connectivity index (χ0v) is 16.9. The highest BCUT2D eigenvalue weighted by Crippen LogP contribution is 2.40. The predicted octanol–water partition coefficient (Wildman–Crippen LogP) is 2.88. The van der Waals surface area contributed by atoms with E-state index in [4.69, 9.17) is 0 Å². The molecule has 6 nitrogen and oxygen atoms in total. The number of aliphatic imine (C=N–C) groups is 1. The van der Waals surface area contributed by atoms with Gasteiger partial charge in [-0.05, 0) is 24.5 Å². The highest BCUT2D eigenvalue weighted by atomic mass is 19.4. The summed E-state index contributed by atoms with van der Waals surface area (Å²) in [6.07, 6.45) is -1.98. The maximum Gasteiger partial charge on any atom is 0.424 e. The maximum absolute atomic E-state index is 13.6. The van der Waals surface area contributed by atoms with E-state index >= 15 is 0 Å². The van der Waals surface area contributed by atoms with Crippen LogP contribution in [0, 0.1) is 0 Å². The van der Waals surface area contributed by atoms with E-state index in [0.29, 0.717) is 19.0 Å². The van der Waals surface area contributed by atoms with E-state index in [9.17, 15) is 18.3 Å². The summed E-state index contributed by atoms with van der Waals surface area (Å²) in [6, 6.07) is 7.91. The predicted molar refractivity (Wildman–Crippen MR) is 106 cm³/mol. The summed E-state index contributed by atoms with van der Waals surface area (Å²) in [4.78, 5) is 8.17. The van der Waals surface area contributed by atoms with Gasteiger partial charge in [0.25, 0.3) is 0 Å². The number of nitrogens with one attached hydrogen (secondary N) is 2. The maximum atomic E-state index is 13.6. The first-order valence-corrected chi connectivity index (χ1v) is 9.58. The molecule has 2 aromatic rings. The van der Waals surface area contributed by atoms with E-state index in [0.717, 1.165) is 12.0 Å². The first kappa shape index (κ1) is 22.7. The molecule has 0 spiro atoms. The molecule has 1 aromatic heterocycles. The van der Waals surface area contributed by atoms with Crippen molar-refractivity contribution in [1.29, 1.82) is 0 Å². The second-order valence-corrected chi connectivity index (χ2v) is 6.71. The van der Waals surface area contributed by atoms with Gasteiger partial charge in [-0.1, -0.05) is 31.2 Å². The highest BCUT2D eigenvalue weighted by molar-refractivity contribution is 5.79. The van der Waals surface area contributed by atoms with Gasteiger partial charge in [0.15, 0.2) is 5.96 Å². The Hall–Kier alpha value is -2.55. The fourth-order valence-corrected chi connectivity index (χ4v) is 3.07.